The fraction of sp³-hybridized carbons (Fsp3) is 0.500. The normalized spacial score (nSPS) is 13.9. The van der Waals surface area contributed by atoms with E-state index in [-0.39, 0.29) is 46.3 Å². The molecule has 40 heavy (non-hydrogen) atoms. The molecule has 222 valence electrons. The van der Waals surface area contributed by atoms with E-state index >= 15 is 0 Å². The summed E-state index contributed by atoms with van der Waals surface area (Å²) in [5.41, 5.74) is 0.376. The Morgan fingerprint density at radius 1 is 1.02 bits per heavy atom. The van der Waals surface area contributed by atoms with Crippen molar-refractivity contribution in [1.29, 1.82) is 0 Å². The van der Waals surface area contributed by atoms with Crippen LogP contribution in [0.4, 0.5) is 0 Å². The van der Waals surface area contributed by atoms with Crippen molar-refractivity contribution in [3.05, 3.63) is 47.5 Å². The number of carbonyl (C=O) groups is 3. The zero-order valence-corrected chi connectivity index (χ0v) is 24.6. The van der Waals surface area contributed by atoms with Crippen molar-refractivity contribution >= 4 is 17.8 Å². The molecule has 1 heterocycles. The van der Waals surface area contributed by atoms with Crippen LogP contribution in [-0.2, 0) is 9.53 Å². The lowest BCUT2D eigenvalue weighted by Gasteiger charge is -2.24. The summed E-state index contributed by atoms with van der Waals surface area (Å²) < 4.78 is 10.2. The molecule has 1 atom stereocenters. The molecule has 10 nitrogen and oxygen atoms in total. The number of benzene rings is 2. The number of amides is 2. The van der Waals surface area contributed by atoms with Crippen molar-refractivity contribution in [3.63, 3.8) is 0 Å². The van der Waals surface area contributed by atoms with Crippen LogP contribution in [-0.4, -0.2) is 82.3 Å². The number of ether oxygens (including phenoxy) is 2. The molecule has 2 aromatic carbocycles. The van der Waals surface area contributed by atoms with Crippen molar-refractivity contribution in [2.75, 3.05) is 27.2 Å². The molecular formula is C30H44N2O8. The van der Waals surface area contributed by atoms with Gasteiger partial charge in [-0.25, -0.2) is 4.79 Å². The quantitative estimate of drug-likeness (QED) is 0.386. The van der Waals surface area contributed by atoms with Gasteiger partial charge < -0.3 is 34.6 Å². The van der Waals surface area contributed by atoms with Crippen LogP contribution in [0, 0.1) is 0 Å². The summed E-state index contributed by atoms with van der Waals surface area (Å²) in [7, 11) is 3.18. The summed E-state index contributed by atoms with van der Waals surface area (Å²) in [4.78, 5) is 39.6. The summed E-state index contributed by atoms with van der Waals surface area (Å²) in [5.74, 6) is -0.930. The highest BCUT2D eigenvalue weighted by Crippen LogP contribution is 2.28. The Kier molecular flexibility index (Phi) is 14.4. The average molecular weight is 561 g/mol. The van der Waals surface area contributed by atoms with Gasteiger partial charge in [-0.05, 0) is 57.4 Å². The molecule has 0 saturated carbocycles. The molecule has 0 aromatic heterocycles. The Balaban J connectivity index is 0.000000394. The van der Waals surface area contributed by atoms with Gasteiger partial charge in [-0.3, -0.25) is 9.59 Å². The minimum atomic E-state index is -0.587. The van der Waals surface area contributed by atoms with Gasteiger partial charge in [0, 0.05) is 32.3 Å². The Hall–Kier alpha value is -3.95. The van der Waals surface area contributed by atoms with Crippen molar-refractivity contribution in [2.45, 2.75) is 72.4 Å². The van der Waals surface area contributed by atoms with Gasteiger partial charge in [-0.15, -0.1) is 0 Å². The van der Waals surface area contributed by atoms with Crippen LogP contribution in [0.15, 0.2) is 36.4 Å². The molecule has 1 unspecified atom stereocenters. The third kappa shape index (κ3) is 9.66. The summed E-state index contributed by atoms with van der Waals surface area (Å²) in [6.07, 6.45) is 3.04. The second kappa shape index (κ2) is 16.9. The van der Waals surface area contributed by atoms with Gasteiger partial charge in [0.1, 0.15) is 29.0 Å². The summed E-state index contributed by atoms with van der Waals surface area (Å²) in [5, 5.41) is 28.6. The second-order valence-electron chi connectivity index (χ2n) is 9.31. The first-order chi connectivity index (χ1) is 19.0. The van der Waals surface area contributed by atoms with Crippen molar-refractivity contribution in [3.8, 4) is 23.0 Å². The molecule has 3 rings (SSSR count). The van der Waals surface area contributed by atoms with Crippen LogP contribution in [0.25, 0.3) is 0 Å². The molecule has 0 aliphatic carbocycles. The number of likely N-dealkylation sites (tertiary alicyclic amines) is 1. The Morgan fingerprint density at radius 3 is 2.20 bits per heavy atom. The molecular weight excluding hydrogens is 516 g/mol. The largest absolute Gasteiger partial charge is 0.508 e. The van der Waals surface area contributed by atoms with E-state index in [1.165, 1.54) is 42.3 Å². The maximum atomic E-state index is 12.6. The van der Waals surface area contributed by atoms with Crippen LogP contribution in [0.2, 0.25) is 0 Å². The van der Waals surface area contributed by atoms with Crippen molar-refractivity contribution in [2.24, 2.45) is 0 Å². The van der Waals surface area contributed by atoms with Crippen LogP contribution in [0.3, 0.4) is 0 Å². The maximum Gasteiger partial charge on any atom is 0.329 e. The lowest BCUT2D eigenvalue weighted by Crippen LogP contribution is -2.42. The molecule has 2 amide bonds. The van der Waals surface area contributed by atoms with E-state index in [0.29, 0.717) is 25.3 Å². The molecule has 1 aliphatic rings. The van der Waals surface area contributed by atoms with E-state index in [1.807, 2.05) is 13.8 Å². The third-order valence-electron chi connectivity index (χ3n) is 5.98. The number of aromatic hydroxyl groups is 3. The van der Waals surface area contributed by atoms with E-state index in [2.05, 4.69) is 6.92 Å². The van der Waals surface area contributed by atoms with Gasteiger partial charge in [0.25, 0.3) is 11.8 Å². The number of phenols is 3. The third-order valence-corrected chi connectivity index (χ3v) is 5.98. The fourth-order valence-electron chi connectivity index (χ4n) is 3.94. The molecule has 10 heteroatoms. The number of esters is 1. The number of nitrogens with zero attached hydrogens (tertiary/aromatic N) is 2. The Labute approximate surface area is 237 Å². The minimum absolute atomic E-state index is 0.0507. The number of rotatable bonds is 8. The van der Waals surface area contributed by atoms with E-state index in [1.54, 1.807) is 31.9 Å². The molecule has 1 aliphatic heterocycles. The van der Waals surface area contributed by atoms with E-state index in [0.717, 1.165) is 19.3 Å². The smallest absolute Gasteiger partial charge is 0.329 e. The van der Waals surface area contributed by atoms with Gasteiger partial charge in [0.15, 0.2) is 0 Å². The van der Waals surface area contributed by atoms with Crippen LogP contribution in [0.1, 0.15) is 81.0 Å². The Morgan fingerprint density at radius 2 is 1.65 bits per heavy atom. The molecule has 0 radical (unpaired) electrons. The highest BCUT2D eigenvalue weighted by molar-refractivity contribution is 5.99. The van der Waals surface area contributed by atoms with Crippen LogP contribution in [0.5, 0.6) is 23.0 Å². The molecule has 2 aromatic rings. The first-order valence-corrected chi connectivity index (χ1v) is 13.7. The number of hydrogen-bond donors (Lipinski definition) is 3. The number of carbonyl (C=O) groups excluding carboxylic acids is 3. The van der Waals surface area contributed by atoms with Crippen molar-refractivity contribution in [1.82, 2.24) is 9.80 Å². The summed E-state index contributed by atoms with van der Waals surface area (Å²) >= 11 is 0. The highest BCUT2D eigenvalue weighted by atomic mass is 16.5. The van der Waals surface area contributed by atoms with Crippen molar-refractivity contribution < 1.29 is 39.2 Å². The second-order valence-corrected chi connectivity index (χ2v) is 9.31. The van der Waals surface area contributed by atoms with E-state index in [4.69, 9.17) is 14.6 Å². The molecule has 1 saturated heterocycles. The molecule has 0 spiro atoms. The minimum Gasteiger partial charge on any atom is -0.508 e. The summed E-state index contributed by atoms with van der Waals surface area (Å²) in [6.45, 7) is 10.7. The molecule has 1 fully saturated rings. The summed E-state index contributed by atoms with van der Waals surface area (Å²) in [6, 6.07) is 7.88. The molecule has 0 bridgehead atoms. The van der Waals surface area contributed by atoms with E-state index in [9.17, 15) is 24.6 Å². The van der Waals surface area contributed by atoms with E-state index < -0.39 is 12.0 Å². The van der Waals surface area contributed by atoms with Crippen LogP contribution >= 0.6 is 0 Å². The van der Waals surface area contributed by atoms with Crippen LogP contribution < -0.4 is 4.74 Å². The predicted molar refractivity (Wildman–Crippen MR) is 153 cm³/mol. The van der Waals surface area contributed by atoms with Gasteiger partial charge >= 0.3 is 5.97 Å². The SMILES string of the molecule is CC.CCCCN(C)C(=O)c1ccc(O)cc1O.COc1ccc(C(=O)N2CCCC2C(=O)OC(C)C)c(O)c1. The fourth-order valence-corrected chi connectivity index (χ4v) is 3.94. The van der Waals surface area contributed by atoms with Gasteiger partial charge in [0.05, 0.1) is 24.3 Å². The van der Waals surface area contributed by atoms with Gasteiger partial charge in [-0.1, -0.05) is 27.2 Å². The monoisotopic (exact) mass is 560 g/mol. The average Bonchev–Trinajstić information content (AvgIpc) is 3.42. The standard InChI is InChI=1S/C16H21NO5.C12H17NO3.C2H6/c1-10(2)22-16(20)13-5-4-8-17(13)15(19)12-7-6-11(21-3)9-14(12)18;1-3-4-7-13(2)12(16)10-6-5-9(14)8-11(10)15;1-2/h6-7,9-10,13,18H,4-5,8H2,1-3H3;5-6,8,14-15H,3-4,7H2,1-2H3;1-2H3. The van der Waals surface area contributed by atoms with Gasteiger partial charge in [0.2, 0.25) is 0 Å². The topological polar surface area (TPSA) is 137 Å². The number of methoxy groups -OCH3 is 1. The first kappa shape index (κ1) is 34.1. The zero-order chi connectivity index (χ0) is 30.4. The Bertz CT molecular complexity index is 1120. The highest BCUT2D eigenvalue weighted by Gasteiger charge is 2.36. The number of hydrogen-bond acceptors (Lipinski definition) is 8. The predicted octanol–water partition coefficient (Wildman–Crippen LogP) is 4.95. The lowest BCUT2D eigenvalue weighted by atomic mass is 10.1. The zero-order valence-electron chi connectivity index (χ0n) is 24.6. The number of phenolic OH excluding ortho intramolecular Hbond substituents is 3. The lowest BCUT2D eigenvalue weighted by molar-refractivity contribution is -0.152. The number of unbranched alkanes of at least 4 members (excludes halogenated alkanes) is 1. The molecule has 3 N–H and O–H groups in total. The maximum absolute atomic E-state index is 12.6. The van der Waals surface area contributed by atoms with Gasteiger partial charge in [-0.2, -0.15) is 0 Å². The first-order valence-electron chi connectivity index (χ1n) is 13.7.